The number of rotatable bonds is 3. The zero-order chi connectivity index (χ0) is 17.3. The van der Waals surface area contributed by atoms with Crippen molar-refractivity contribution in [2.45, 2.75) is 6.92 Å². The molecule has 3 aromatic rings. The fourth-order valence-corrected chi connectivity index (χ4v) is 2.87. The van der Waals surface area contributed by atoms with Crippen molar-refractivity contribution in [3.8, 4) is 0 Å². The molecule has 0 bridgehead atoms. The number of carbonyl (C=O) groups excluding carboxylic acids is 1. The van der Waals surface area contributed by atoms with E-state index in [1.807, 2.05) is 38.2 Å². The second-order valence-corrected chi connectivity index (χ2v) is 6.22. The molecule has 122 valence electrons. The summed E-state index contributed by atoms with van der Waals surface area (Å²) in [6, 6.07) is 12.7. The first-order valence-corrected chi connectivity index (χ1v) is 8.07. The van der Waals surface area contributed by atoms with Gasteiger partial charge in [0.1, 0.15) is 0 Å². The lowest BCUT2D eigenvalue weighted by molar-refractivity contribution is 0.0955. The first kappa shape index (κ1) is 16.6. The lowest BCUT2D eigenvalue weighted by Crippen LogP contribution is -2.17. The summed E-state index contributed by atoms with van der Waals surface area (Å²) in [7, 11) is 2.00. The van der Waals surface area contributed by atoms with E-state index in [0.29, 0.717) is 15.6 Å². The average molecular weight is 360 g/mol. The van der Waals surface area contributed by atoms with E-state index in [1.54, 1.807) is 18.3 Å². The third kappa shape index (κ3) is 3.03. The summed E-state index contributed by atoms with van der Waals surface area (Å²) in [6.07, 6.45) is 1.66. The summed E-state index contributed by atoms with van der Waals surface area (Å²) >= 11 is 11.8. The van der Waals surface area contributed by atoms with Crippen molar-refractivity contribution in [2.24, 2.45) is 12.1 Å². The van der Waals surface area contributed by atoms with E-state index in [9.17, 15) is 4.79 Å². The van der Waals surface area contributed by atoms with Crippen LogP contribution in [0.3, 0.4) is 0 Å². The van der Waals surface area contributed by atoms with Crippen LogP contribution < -0.4 is 5.43 Å². The van der Waals surface area contributed by atoms with E-state index in [0.717, 1.165) is 22.2 Å². The summed E-state index contributed by atoms with van der Waals surface area (Å²) in [5, 5.41) is 5.91. The predicted molar refractivity (Wildman–Crippen MR) is 99.2 cm³/mol. The Hall–Kier alpha value is -2.30. The standard InChI is InChI=1S/C18H15Cl2N3O/c1-11-14(13-5-3-4-6-17(13)23(11)2)10-21-22-18(24)12-7-8-15(19)16(20)9-12/h3-10H,1-2H3,(H,22,24)/b21-10+. The lowest BCUT2D eigenvalue weighted by atomic mass is 10.1. The molecule has 0 radical (unpaired) electrons. The number of fused-ring (bicyclic) bond motifs is 1. The van der Waals surface area contributed by atoms with Crippen molar-refractivity contribution in [1.82, 2.24) is 9.99 Å². The second kappa shape index (κ2) is 6.67. The van der Waals surface area contributed by atoms with Gasteiger partial charge >= 0.3 is 0 Å². The van der Waals surface area contributed by atoms with Crippen LogP contribution in [-0.4, -0.2) is 16.7 Å². The van der Waals surface area contributed by atoms with Gasteiger partial charge in [-0.3, -0.25) is 4.79 Å². The number of halogens is 2. The lowest BCUT2D eigenvalue weighted by Gasteiger charge is -2.02. The number of para-hydroxylation sites is 1. The highest BCUT2D eigenvalue weighted by atomic mass is 35.5. The zero-order valence-electron chi connectivity index (χ0n) is 13.2. The quantitative estimate of drug-likeness (QED) is 0.540. The fourth-order valence-electron chi connectivity index (χ4n) is 2.57. The molecule has 3 rings (SSSR count). The first-order valence-electron chi connectivity index (χ1n) is 7.31. The largest absolute Gasteiger partial charge is 0.347 e. The Bertz CT molecular complexity index is 960. The van der Waals surface area contributed by atoms with E-state index < -0.39 is 0 Å². The Labute approximate surface area is 149 Å². The van der Waals surface area contributed by atoms with Gasteiger partial charge in [0.15, 0.2) is 0 Å². The Morgan fingerprint density at radius 3 is 2.67 bits per heavy atom. The van der Waals surface area contributed by atoms with Gasteiger partial charge in [-0.05, 0) is 31.2 Å². The normalized spacial score (nSPS) is 11.3. The minimum Gasteiger partial charge on any atom is -0.347 e. The van der Waals surface area contributed by atoms with Crippen LogP contribution in [0.15, 0.2) is 47.6 Å². The van der Waals surface area contributed by atoms with E-state index in [2.05, 4.69) is 15.1 Å². The molecule has 1 heterocycles. The molecule has 0 aliphatic carbocycles. The van der Waals surface area contributed by atoms with Crippen LogP contribution in [0, 0.1) is 6.92 Å². The van der Waals surface area contributed by atoms with Crippen LogP contribution in [0.4, 0.5) is 0 Å². The number of nitrogens with zero attached hydrogens (tertiary/aromatic N) is 2. The highest BCUT2D eigenvalue weighted by Gasteiger charge is 2.10. The molecular formula is C18H15Cl2N3O. The molecule has 0 atom stereocenters. The molecule has 4 nitrogen and oxygen atoms in total. The number of aromatic nitrogens is 1. The zero-order valence-corrected chi connectivity index (χ0v) is 14.7. The number of benzene rings is 2. The number of hydrazone groups is 1. The smallest absolute Gasteiger partial charge is 0.271 e. The van der Waals surface area contributed by atoms with Gasteiger partial charge in [-0.15, -0.1) is 0 Å². The molecule has 0 saturated heterocycles. The van der Waals surface area contributed by atoms with Crippen molar-refractivity contribution < 1.29 is 4.79 Å². The van der Waals surface area contributed by atoms with Crippen LogP contribution in [0.25, 0.3) is 10.9 Å². The van der Waals surface area contributed by atoms with Crippen LogP contribution in [0.2, 0.25) is 10.0 Å². The van der Waals surface area contributed by atoms with E-state index in [4.69, 9.17) is 23.2 Å². The molecule has 1 N–H and O–H groups in total. The molecule has 6 heteroatoms. The van der Waals surface area contributed by atoms with Gasteiger partial charge in [0.05, 0.1) is 16.3 Å². The fraction of sp³-hybridized carbons (Fsp3) is 0.111. The average Bonchev–Trinajstić information content (AvgIpc) is 2.82. The van der Waals surface area contributed by atoms with Crippen molar-refractivity contribution in [3.63, 3.8) is 0 Å². The molecule has 1 aromatic heterocycles. The van der Waals surface area contributed by atoms with Crippen LogP contribution in [0.1, 0.15) is 21.6 Å². The van der Waals surface area contributed by atoms with Gasteiger partial charge in [-0.1, -0.05) is 41.4 Å². The van der Waals surface area contributed by atoms with Crippen LogP contribution in [0.5, 0.6) is 0 Å². The maximum Gasteiger partial charge on any atom is 0.271 e. The Morgan fingerprint density at radius 2 is 1.92 bits per heavy atom. The monoisotopic (exact) mass is 359 g/mol. The summed E-state index contributed by atoms with van der Waals surface area (Å²) < 4.78 is 2.09. The number of nitrogens with one attached hydrogen (secondary N) is 1. The predicted octanol–water partition coefficient (Wildman–Crippen LogP) is 4.56. The van der Waals surface area contributed by atoms with Gasteiger partial charge in [-0.2, -0.15) is 5.10 Å². The van der Waals surface area contributed by atoms with Crippen molar-refractivity contribution >= 4 is 46.2 Å². The summed E-state index contributed by atoms with van der Waals surface area (Å²) in [5.41, 5.74) is 6.08. The number of hydrogen-bond acceptors (Lipinski definition) is 2. The summed E-state index contributed by atoms with van der Waals surface area (Å²) in [4.78, 5) is 12.1. The molecule has 0 aliphatic rings. The SMILES string of the molecule is Cc1c(/C=N/NC(=O)c2ccc(Cl)c(Cl)c2)c2ccccc2n1C. The summed E-state index contributed by atoms with van der Waals surface area (Å²) in [5.74, 6) is -0.345. The van der Waals surface area contributed by atoms with E-state index >= 15 is 0 Å². The van der Waals surface area contributed by atoms with Crippen molar-refractivity contribution in [3.05, 3.63) is 69.3 Å². The molecule has 24 heavy (non-hydrogen) atoms. The number of amides is 1. The minimum atomic E-state index is -0.345. The van der Waals surface area contributed by atoms with Gasteiger partial charge in [-0.25, -0.2) is 5.43 Å². The maximum atomic E-state index is 12.1. The maximum absolute atomic E-state index is 12.1. The van der Waals surface area contributed by atoms with Gasteiger partial charge in [0, 0.05) is 34.8 Å². The molecule has 0 fully saturated rings. The van der Waals surface area contributed by atoms with Crippen LogP contribution in [-0.2, 0) is 7.05 Å². The molecule has 1 amide bonds. The molecule has 0 aliphatic heterocycles. The molecule has 0 saturated carbocycles. The molecule has 2 aromatic carbocycles. The molecule has 0 unspecified atom stereocenters. The Kier molecular flexibility index (Phi) is 4.60. The van der Waals surface area contributed by atoms with E-state index in [1.165, 1.54) is 6.07 Å². The van der Waals surface area contributed by atoms with Crippen molar-refractivity contribution in [1.29, 1.82) is 0 Å². The third-order valence-electron chi connectivity index (χ3n) is 3.99. The molecular weight excluding hydrogens is 345 g/mol. The highest BCUT2D eigenvalue weighted by molar-refractivity contribution is 6.42. The van der Waals surface area contributed by atoms with Crippen molar-refractivity contribution in [2.75, 3.05) is 0 Å². The summed E-state index contributed by atoms with van der Waals surface area (Å²) in [6.45, 7) is 2.02. The van der Waals surface area contributed by atoms with Crippen LogP contribution >= 0.6 is 23.2 Å². The Morgan fingerprint density at radius 1 is 1.17 bits per heavy atom. The number of hydrogen-bond donors (Lipinski definition) is 1. The van der Waals surface area contributed by atoms with Gasteiger partial charge in [0.25, 0.3) is 5.91 Å². The van der Waals surface area contributed by atoms with Gasteiger partial charge in [0.2, 0.25) is 0 Å². The Balaban J connectivity index is 1.83. The highest BCUT2D eigenvalue weighted by Crippen LogP contribution is 2.23. The van der Waals surface area contributed by atoms with E-state index in [-0.39, 0.29) is 5.91 Å². The topological polar surface area (TPSA) is 46.4 Å². The second-order valence-electron chi connectivity index (χ2n) is 5.40. The number of aryl methyl sites for hydroxylation is 1. The molecule has 0 spiro atoms. The third-order valence-corrected chi connectivity index (χ3v) is 4.73. The van der Waals surface area contributed by atoms with Gasteiger partial charge < -0.3 is 4.57 Å². The first-order chi connectivity index (χ1) is 11.5. The number of carbonyl (C=O) groups is 1. The minimum absolute atomic E-state index is 0.332.